The number of halogens is 3. The molecule has 0 radical (unpaired) electrons. The Morgan fingerprint density at radius 3 is 2.08 bits per heavy atom. The molecule has 1 unspecified atom stereocenters. The van der Waals surface area contributed by atoms with Gasteiger partial charge in [-0.15, -0.1) is 0 Å². The van der Waals surface area contributed by atoms with Crippen LogP contribution in [0.5, 0.6) is 5.75 Å². The van der Waals surface area contributed by atoms with E-state index in [1.165, 1.54) is 18.3 Å². The van der Waals surface area contributed by atoms with Crippen LogP contribution in [0.15, 0.2) is 66.9 Å². The Labute approximate surface area is 207 Å². The molecule has 0 saturated heterocycles. The number of nitrogens with zero attached hydrogens (tertiary/aromatic N) is 1. The van der Waals surface area contributed by atoms with Gasteiger partial charge in [-0.1, -0.05) is 38.1 Å². The molecule has 1 atom stereocenters. The van der Waals surface area contributed by atoms with Gasteiger partial charge in [0, 0.05) is 12.7 Å². The first-order chi connectivity index (χ1) is 17.0. The summed E-state index contributed by atoms with van der Waals surface area (Å²) in [5, 5.41) is 11.2. The number of pyridine rings is 1. The van der Waals surface area contributed by atoms with Crippen molar-refractivity contribution in [2.75, 3.05) is 6.54 Å². The Morgan fingerprint density at radius 1 is 0.972 bits per heavy atom. The second kappa shape index (κ2) is 11.7. The molecule has 0 aliphatic rings. The van der Waals surface area contributed by atoms with Crippen LogP contribution in [0.25, 0.3) is 11.1 Å². The number of carbonyl (C=O) groups is 2. The first-order valence-corrected chi connectivity index (χ1v) is 11.4. The van der Waals surface area contributed by atoms with Crippen LogP contribution in [0.2, 0.25) is 0 Å². The van der Waals surface area contributed by atoms with Gasteiger partial charge in [-0.3, -0.25) is 14.6 Å². The maximum atomic E-state index is 12.8. The lowest BCUT2D eigenvalue weighted by Crippen LogP contribution is -2.26. The fourth-order valence-electron chi connectivity index (χ4n) is 3.51. The number of benzene rings is 2. The molecule has 0 saturated carbocycles. The minimum absolute atomic E-state index is 0.0253. The standard InChI is InChI=1S/C27H27F3N2O4/c1-17(2)15-24(23-12-7-20(16-32-23)26(35)31-14-13-25(33)34)36-22-10-5-19(6-11-22)18-3-8-21(9-4-18)27(28,29)30/h3-12,16-17,24H,13-15H2,1-2H3,(H,31,35)(H,33,34). The predicted octanol–water partition coefficient (Wildman–Crippen LogP) is 6.14. The number of aliphatic carboxylic acids is 1. The van der Waals surface area contributed by atoms with E-state index >= 15 is 0 Å². The van der Waals surface area contributed by atoms with E-state index < -0.39 is 23.6 Å². The highest BCUT2D eigenvalue weighted by Gasteiger charge is 2.30. The Bertz CT molecular complexity index is 1160. The Morgan fingerprint density at radius 2 is 1.58 bits per heavy atom. The van der Waals surface area contributed by atoms with Crippen molar-refractivity contribution in [2.45, 2.75) is 39.0 Å². The van der Waals surface area contributed by atoms with E-state index in [0.717, 1.165) is 17.7 Å². The molecule has 0 fully saturated rings. The minimum atomic E-state index is -4.38. The van der Waals surface area contributed by atoms with E-state index in [1.54, 1.807) is 36.4 Å². The average molecular weight is 501 g/mol. The van der Waals surface area contributed by atoms with Gasteiger partial charge in [0.15, 0.2) is 0 Å². The number of carboxylic acid groups (broad SMARTS) is 1. The monoisotopic (exact) mass is 500 g/mol. The molecule has 9 heteroatoms. The van der Waals surface area contributed by atoms with Crippen molar-refractivity contribution < 1.29 is 32.6 Å². The van der Waals surface area contributed by atoms with Crippen LogP contribution in [0.3, 0.4) is 0 Å². The SMILES string of the molecule is CC(C)CC(Oc1ccc(-c2ccc(C(F)(F)F)cc2)cc1)c1ccc(C(=O)NCCC(=O)O)cn1. The molecular weight excluding hydrogens is 473 g/mol. The average Bonchev–Trinajstić information content (AvgIpc) is 2.83. The van der Waals surface area contributed by atoms with E-state index in [9.17, 15) is 22.8 Å². The molecule has 0 bridgehead atoms. The molecule has 36 heavy (non-hydrogen) atoms. The van der Waals surface area contributed by atoms with Crippen molar-refractivity contribution in [2.24, 2.45) is 5.92 Å². The molecular formula is C27H27F3N2O4. The lowest BCUT2D eigenvalue weighted by atomic mass is 10.0. The van der Waals surface area contributed by atoms with Gasteiger partial charge < -0.3 is 15.2 Å². The third-order valence-electron chi connectivity index (χ3n) is 5.37. The summed E-state index contributed by atoms with van der Waals surface area (Å²) in [5.74, 6) is -0.531. The van der Waals surface area contributed by atoms with Crippen LogP contribution in [0.4, 0.5) is 13.2 Å². The predicted molar refractivity (Wildman–Crippen MR) is 129 cm³/mol. The number of rotatable bonds is 10. The third kappa shape index (κ3) is 7.56. The van der Waals surface area contributed by atoms with Crippen molar-refractivity contribution in [1.29, 1.82) is 0 Å². The number of ether oxygens (including phenoxy) is 1. The largest absolute Gasteiger partial charge is 0.484 e. The van der Waals surface area contributed by atoms with Crippen LogP contribution >= 0.6 is 0 Å². The molecule has 190 valence electrons. The zero-order valence-corrected chi connectivity index (χ0v) is 19.9. The summed E-state index contributed by atoms with van der Waals surface area (Å²) in [6.07, 6.45) is -2.84. The zero-order chi connectivity index (χ0) is 26.3. The summed E-state index contributed by atoms with van der Waals surface area (Å²) in [6.45, 7) is 4.13. The van der Waals surface area contributed by atoms with Gasteiger partial charge in [-0.25, -0.2) is 0 Å². The van der Waals surface area contributed by atoms with Gasteiger partial charge in [0.05, 0.1) is 23.2 Å². The lowest BCUT2D eigenvalue weighted by molar-refractivity contribution is -0.138. The van der Waals surface area contributed by atoms with Crippen molar-refractivity contribution in [3.05, 3.63) is 83.7 Å². The molecule has 3 aromatic rings. The lowest BCUT2D eigenvalue weighted by Gasteiger charge is -2.21. The molecule has 2 aromatic carbocycles. The molecule has 0 spiro atoms. The second-order valence-electron chi connectivity index (χ2n) is 8.71. The molecule has 1 amide bonds. The van der Waals surface area contributed by atoms with E-state index in [0.29, 0.717) is 34.9 Å². The highest BCUT2D eigenvalue weighted by Crippen LogP contribution is 2.32. The number of carbonyl (C=O) groups excluding carboxylic acids is 1. The summed E-state index contributed by atoms with van der Waals surface area (Å²) >= 11 is 0. The Hall–Kier alpha value is -3.88. The van der Waals surface area contributed by atoms with E-state index in [1.807, 2.05) is 13.8 Å². The normalized spacial score (nSPS) is 12.3. The van der Waals surface area contributed by atoms with Crippen molar-refractivity contribution >= 4 is 11.9 Å². The van der Waals surface area contributed by atoms with Crippen molar-refractivity contribution in [3.63, 3.8) is 0 Å². The molecule has 6 nitrogen and oxygen atoms in total. The van der Waals surface area contributed by atoms with Gasteiger partial charge in [-0.2, -0.15) is 13.2 Å². The van der Waals surface area contributed by atoms with E-state index in [2.05, 4.69) is 10.3 Å². The summed E-state index contributed by atoms with van der Waals surface area (Å²) in [7, 11) is 0. The number of nitrogens with one attached hydrogen (secondary N) is 1. The van der Waals surface area contributed by atoms with Crippen LogP contribution in [0, 0.1) is 5.92 Å². The van der Waals surface area contributed by atoms with E-state index in [4.69, 9.17) is 9.84 Å². The molecule has 1 heterocycles. The minimum Gasteiger partial charge on any atom is -0.484 e. The van der Waals surface area contributed by atoms with Gasteiger partial charge in [0.2, 0.25) is 0 Å². The van der Waals surface area contributed by atoms with Crippen LogP contribution in [-0.2, 0) is 11.0 Å². The van der Waals surface area contributed by atoms with Crippen LogP contribution < -0.4 is 10.1 Å². The zero-order valence-electron chi connectivity index (χ0n) is 19.9. The first-order valence-electron chi connectivity index (χ1n) is 11.4. The number of aromatic nitrogens is 1. The summed E-state index contributed by atoms with van der Waals surface area (Å²) in [6, 6.07) is 15.4. The highest BCUT2D eigenvalue weighted by molar-refractivity contribution is 5.94. The number of amides is 1. The molecule has 3 rings (SSSR count). The maximum Gasteiger partial charge on any atom is 0.416 e. The van der Waals surface area contributed by atoms with E-state index in [-0.39, 0.29) is 19.1 Å². The Balaban J connectivity index is 1.70. The van der Waals surface area contributed by atoms with Crippen molar-refractivity contribution in [1.82, 2.24) is 10.3 Å². The summed E-state index contributed by atoms with van der Waals surface area (Å²) < 4.78 is 44.6. The number of carboxylic acids is 1. The number of alkyl halides is 3. The van der Waals surface area contributed by atoms with Gasteiger partial charge in [-0.05, 0) is 59.9 Å². The fourth-order valence-corrected chi connectivity index (χ4v) is 3.51. The topological polar surface area (TPSA) is 88.5 Å². The van der Waals surface area contributed by atoms with Gasteiger partial charge >= 0.3 is 12.1 Å². The number of hydrogen-bond donors (Lipinski definition) is 2. The molecule has 1 aromatic heterocycles. The van der Waals surface area contributed by atoms with Gasteiger partial charge in [0.1, 0.15) is 11.9 Å². The first kappa shape index (κ1) is 26.7. The summed E-state index contributed by atoms with van der Waals surface area (Å²) in [5.41, 5.74) is 1.67. The third-order valence-corrected chi connectivity index (χ3v) is 5.37. The molecule has 0 aliphatic heterocycles. The molecule has 2 N–H and O–H groups in total. The van der Waals surface area contributed by atoms with Crippen LogP contribution in [0.1, 0.15) is 54.4 Å². The van der Waals surface area contributed by atoms with Crippen molar-refractivity contribution in [3.8, 4) is 16.9 Å². The quantitative estimate of drug-likeness (QED) is 0.349. The maximum absolute atomic E-state index is 12.8. The molecule has 0 aliphatic carbocycles. The number of hydrogen-bond acceptors (Lipinski definition) is 4. The second-order valence-corrected chi connectivity index (χ2v) is 8.71. The van der Waals surface area contributed by atoms with Gasteiger partial charge in [0.25, 0.3) is 5.91 Å². The smallest absolute Gasteiger partial charge is 0.416 e. The fraction of sp³-hybridized carbons (Fsp3) is 0.296. The van der Waals surface area contributed by atoms with Crippen LogP contribution in [-0.4, -0.2) is 28.5 Å². The highest BCUT2D eigenvalue weighted by atomic mass is 19.4. The summed E-state index contributed by atoms with van der Waals surface area (Å²) in [4.78, 5) is 27.1. The Kier molecular flexibility index (Phi) is 8.68.